The molecule has 0 saturated heterocycles. The summed E-state index contributed by atoms with van der Waals surface area (Å²) in [4.78, 5) is 30.8. The maximum absolute atomic E-state index is 13.6. The summed E-state index contributed by atoms with van der Waals surface area (Å²) in [6.07, 6.45) is 4.70. The molecule has 0 fully saturated rings. The van der Waals surface area contributed by atoms with Crippen LogP contribution in [0.1, 0.15) is 68.8 Å². The van der Waals surface area contributed by atoms with Gasteiger partial charge in [0.05, 0.1) is 18.7 Å². The molecule has 1 atom stereocenters. The number of rotatable bonds is 7. The van der Waals surface area contributed by atoms with Crippen molar-refractivity contribution in [1.82, 2.24) is 9.80 Å². The quantitative estimate of drug-likeness (QED) is 0.503. The molecule has 3 rings (SSSR count). The van der Waals surface area contributed by atoms with Crippen molar-refractivity contribution in [3.05, 3.63) is 59.7 Å². The number of amides is 2. The minimum atomic E-state index is -0.0543. The molecule has 2 aromatic rings. The number of hydrogen-bond donors (Lipinski definition) is 0. The van der Waals surface area contributed by atoms with E-state index in [0.29, 0.717) is 56.3 Å². The predicted molar refractivity (Wildman–Crippen MR) is 144 cm³/mol. The van der Waals surface area contributed by atoms with Crippen molar-refractivity contribution < 1.29 is 19.1 Å². The van der Waals surface area contributed by atoms with Gasteiger partial charge in [-0.1, -0.05) is 44.2 Å². The van der Waals surface area contributed by atoms with Crippen LogP contribution in [0.2, 0.25) is 0 Å². The Balaban J connectivity index is 1.83. The van der Waals surface area contributed by atoms with E-state index >= 15 is 0 Å². The van der Waals surface area contributed by atoms with Crippen LogP contribution in [0.3, 0.4) is 0 Å². The Labute approximate surface area is 216 Å². The van der Waals surface area contributed by atoms with E-state index < -0.39 is 0 Å². The molecule has 2 aromatic carbocycles. The SMILES string of the molecule is CCN1CCCCCN(C(=O)CCc2ccccc2OC)[C@@H](CC(C)C)COc2ccccc2C1=O. The number of fused-ring (bicyclic) bond motifs is 1. The Kier molecular flexibility index (Phi) is 10.6. The van der Waals surface area contributed by atoms with Gasteiger partial charge in [0, 0.05) is 26.1 Å². The Bertz CT molecular complexity index is 990. The molecule has 1 aliphatic heterocycles. The predicted octanol–water partition coefficient (Wildman–Crippen LogP) is 5.60. The minimum Gasteiger partial charge on any atom is -0.496 e. The molecule has 0 saturated carbocycles. The smallest absolute Gasteiger partial charge is 0.257 e. The highest BCUT2D eigenvalue weighted by molar-refractivity contribution is 5.96. The molecule has 2 amide bonds. The van der Waals surface area contributed by atoms with Gasteiger partial charge in [0.15, 0.2) is 0 Å². The number of benzene rings is 2. The van der Waals surface area contributed by atoms with Crippen LogP contribution in [0.5, 0.6) is 11.5 Å². The highest BCUT2D eigenvalue weighted by Crippen LogP contribution is 2.24. The van der Waals surface area contributed by atoms with E-state index in [-0.39, 0.29) is 17.9 Å². The van der Waals surface area contributed by atoms with E-state index in [2.05, 4.69) is 13.8 Å². The van der Waals surface area contributed by atoms with Gasteiger partial charge in [0.25, 0.3) is 5.91 Å². The van der Waals surface area contributed by atoms with Crippen molar-refractivity contribution in [3.8, 4) is 11.5 Å². The van der Waals surface area contributed by atoms with Crippen molar-refractivity contribution in [2.45, 2.75) is 65.3 Å². The molecule has 0 N–H and O–H groups in total. The summed E-state index contributed by atoms with van der Waals surface area (Å²) in [5.74, 6) is 1.97. The largest absolute Gasteiger partial charge is 0.496 e. The molecule has 0 unspecified atom stereocenters. The van der Waals surface area contributed by atoms with Crippen molar-refractivity contribution in [3.63, 3.8) is 0 Å². The summed E-state index contributed by atoms with van der Waals surface area (Å²) in [5, 5.41) is 0. The third-order valence-electron chi connectivity index (χ3n) is 6.85. The highest BCUT2D eigenvalue weighted by Gasteiger charge is 2.27. The number of hydrogen-bond acceptors (Lipinski definition) is 4. The number of aryl methyl sites for hydroxylation is 1. The first-order valence-electron chi connectivity index (χ1n) is 13.4. The maximum atomic E-state index is 13.6. The van der Waals surface area contributed by atoms with Gasteiger partial charge < -0.3 is 19.3 Å². The molecule has 6 heteroatoms. The Hall–Kier alpha value is -3.02. The number of para-hydroxylation sites is 2. The first-order chi connectivity index (χ1) is 17.4. The molecule has 6 nitrogen and oxygen atoms in total. The average Bonchev–Trinajstić information content (AvgIpc) is 2.90. The normalized spacial score (nSPS) is 17.5. The second kappa shape index (κ2) is 13.9. The van der Waals surface area contributed by atoms with Crippen molar-refractivity contribution in [2.24, 2.45) is 5.92 Å². The summed E-state index contributed by atoms with van der Waals surface area (Å²) in [5.41, 5.74) is 1.64. The van der Waals surface area contributed by atoms with Crippen molar-refractivity contribution >= 4 is 11.8 Å². The van der Waals surface area contributed by atoms with Gasteiger partial charge in [0.2, 0.25) is 5.91 Å². The van der Waals surface area contributed by atoms with Gasteiger partial charge in [0.1, 0.15) is 18.1 Å². The van der Waals surface area contributed by atoms with Gasteiger partial charge in [-0.15, -0.1) is 0 Å². The number of methoxy groups -OCH3 is 1. The third kappa shape index (κ3) is 7.49. The standard InChI is InChI=1S/C30H42N2O4/c1-5-31-19-11-6-12-20-32(29(33)18-17-24-13-7-9-15-27(24)35-4)25(21-23(2)3)22-36-28-16-10-8-14-26(28)30(31)34/h7-10,13-16,23,25H,5-6,11-12,17-22H2,1-4H3/t25-/m0/s1. The Morgan fingerprint density at radius 3 is 2.53 bits per heavy atom. The first-order valence-corrected chi connectivity index (χ1v) is 13.4. The number of ether oxygens (including phenoxy) is 2. The van der Waals surface area contributed by atoms with Crippen LogP contribution in [0, 0.1) is 5.92 Å². The zero-order valence-electron chi connectivity index (χ0n) is 22.4. The van der Waals surface area contributed by atoms with Crippen LogP contribution in [0.15, 0.2) is 48.5 Å². The van der Waals surface area contributed by atoms with E-state index in [1.54, 1.807) is 7.11 Å². The molecular formula is C30H42N2O4. The van der Waals surface area contributed by atoms with Crippen LogP contribution < -0.4 is 9.47 Å². The second-order valence-corrected chi connectivity index (χ2v) is 9.93. The summed E-state index contributed by atoms with van der Waals surface area (Å²) in [6.45, 7) is 8.81. The Morgan fingerprint density at radius 1 is 1.06 bits per heavy atom. The van der Waals surface area contributed by atoms with E-state index in [1.807, 2.05) is 65.3 Å². The fourth-order valence-electron chi connectivity index (χ4n) is 4.93. The molecular weight excluding hydrogens is 452 g/mol. The summed E-state index contributed by atoms with van der Waals surface area (Å²) < 4.78 is 11.8. The molecule has 0 aliphatic carbocycles. The molecule has 0 spiro atoms. The van der Waals surface area contributed by atoms with Crippen LogP contribution in [-0.4, -0.2) is 61.0 Å². The van der Waals surface area contributed by atoms with Gasteiger partial charge in [-0.05, 0) is 68.7 Å². The minimum absolute atomic E-state index is 0.0116. The van der Waals surface area contributed by atoms with E-state index in [4.69, 9.17) is 9.47 Å². The van der Waals surface area contributed by atoms with Crippen LogP contribution in [0.25, 0.3) is 0 Å². The van der Waals surface area contributed by atoms with E-state index in [9.17, 15) is 9.59 Å². The molecule has 1 aliphatic rings. The molecule has 0 radical (unpaired) electrons. The fourth-order valence-corrected chi connectivity index (χ4v) is 4.93. The average molecular weight is 495 g/mol. The molecule has 1 heterocycles. The lowest BCUT2D eigenvalue weighted by atomic mass is 10.0. The van der Waals surface area contributed by atoms with Crippen LogP contribution in [0.4, 0.5) is 0 Å². The second-order valence-electron chi connectivity index (χ2n) is 9.93. The van der Waals surface area contributed by atoms with Crippen molar-refractivity contribution in [1.29, 1.82) is 0 Å². The maximum Gasteiger partial charge on any atom is 0.257 e. The molecule has 196 valence electrons. The third-order valence-corrected chi connectivity index (χ3v) is 6.85. The first kappa shape index (κ1) is 27.6. The molecule has 0 aromatic heterocycles. The van der Waals surface area contributed by atoms with E-state index in [1.165, 1.54) is 0 Å². The Morgan fingerprint density at radius 2 is 1.78 bits per heavy atom. The summed E-state index contributed by atoms with van der Waals surface area (Å²) >= 11 is 0. The summed E-state index contributed by atoms with van der Waals surface area (Å²) in [6, 6.07) is 15.3. The number of nitrogens with zero attached hydrogens (tertiary/aromatic N) is 2. The van der Waals surface area contributed by atoms with Gasteiger partial charge >= 0.3 is 0 Å². The molecule has 0 bridgehead atoms. The zero-order chi connectivity index (χ0) is 25.9. The number of carbonyl (C=O) groups is 2. The lowest BCUT2D eigenvalue weighted by Crippen LogP contribution is -2.45. The van der Waals surface area contributed by atoms with Gasteiger partial charge in [-0.2, -0.15) is 0 Å². The van der Waals surface area contributed by atoms with E-state index in [0.717, 1.165) is 37.0 Å². The molecule has 36 heavy (non-hydrogen) atoms. The lowest BCUT2D eigenvalue weighted by molar-refractivity contribution is -0.134. The highest BCUT2D eigenvalue weighted by atomic mass is 16.5. The zero-order valence-corrected chi connectivity index (χ0v) is 22.4. The van der Waals surface area contributed by atoms with Gasteiger partial charge in [-0.3, -0.25) is 9.59 Å². The summed E-state index contributed by atoms with van der Waals surface area (Å²) in [7, 11) is 1.66. The lowest BCUT2D eigenvalue weighted by Gasteiger charge is -2.33. The number of carbonyl (C=O) groups excluding carboxylic acids is 2. The monoisotopic (exact) mass is 494 g/mol. The van der Waals surface area contributed by atoms with Crippen LogP contribution in [-0.2, 0) is 11.2 Å². The van der Waals surface area contributed by atoms with Crippen molar-refractivity contribution in [2.75, 3.05) is 33.4 Å². The van der Waals surface area contributed by atoms with Gasteiger partial charge in [-0.25, -0.2) is 0 Å². The fraction of sp³-hybridized carbons (Fsp3) is 0.533. The van der Waals surface area contributed by atoms with Crippen LogP contribution >= 0.6 is 0 Å². The topological polar surface area (TPSA) is 59.1 Å².